The van der Waals surface area contributed by atoms with E-state index in [0.717, 1.165) is 0 Å². The maximum Gasteiger partial charge on any atom is 0.222 e. The third-order valence-electron chi connectivity index (χ3n) is 4.66. The Morgan fingerprint density at radius 2 is 2.10 bits per heavy atom. The number of nitrogens with two attached hydrogens (primary N) is 1. The van der Waals surface area contributed by atoms with Crippen LogP contribution >= 0.6 is 11.6 Å². The van der Waals surface area contributed by atoms with Crippen LogP contribution in [-0.2, 0) is 20.9 Å². The van der Waals surface area contributed by atoms with Gasteiger partial charge in [-0.05, 0) is 30.7 Å². The average molecular weight is 422 g/mol. The highest BCUT2D eigenvalue weighted by Gasteiger charge is 2.40. The van der Waals surface area contributed by atoms with Gasteiger partial charge in [-0.25, -0.2) is 4.98 Å². The van der Waals surface area contributed by atoms with Crippen LogP contribution in [0.15, 0.2) is 36.9 Å². The van der Waals surface area contributed by atoms with E-state index in [-0.39, 0.29) is 25.5 Å². The molecule has 3 rings (SSSR count). The lowest BCUT2D eigenvalue weighted by molar-refractivity contribution is -0.161. The number of aryl methyl sites for hydroxylation is 1. The van der Waals surface area contributed by atoms with Crippen molar-refractivity contribution in [3.8, 4) is 5.75 Å². The summed E-state index contributed by atoms with van der Waals surface area (Å²) in [6.07, 6.45) is 4.05. The van der Waals surface area contributed by atoms with Crippen LogP contribution < -0.4 is 10.5 Å². The van der Waals surface area contributed by atoms with Crippen LogP contribution in [0.5, 0.6) is 5.75 Å². The Morgan fingerprint density at radius 1 is 1.31 bits per heavy atom. The summed E-state index contributed by atoms with van der Waals surface area (Å²) in [5.74, 6) is 0.0806. The van der Waals surface area contributed by atoms with Crippen molar-refractivity contribution in [2.24, 2.45) is 5.73 Å². The van der Waals surface area contributed by atoms with Gasteiger partial charge in [0, 0.05) is 24.5 Å². The van der Waals surface area contributed by atoms with Crippen LogP contribution in [0.25, 0.3) is 0 Å². The van der Waals surface area contributed by atoms with Crippen LogP contribution in [0, 0.1) is 0 Å². The van der Waals surface area contributed by atoms with E-state index in [1.54, 1.807) is 40.2 Å². The molecule has 1 aromatic carbocycles. The summed E-state index contributed by atoms with van der Waals surface area (Å²) in [4.78, 5) is 29.9. The second-order valence-corrected chi connectivity index (χ2v) is 7.43. The highest BCUT2D eigenvalue weighted by Crippen LogP contribution is 2.25. The standard InChI is InChI=1S/C19H24ClN5O4/c20-15-3-5-16(6-4-15)28-12-19(10-17(21)26)11-24(8-9-29-19)18(27)2-1-7-25-14-22-13-23-25/h3-6,13-14H,1-2,7-12H2,(H2,21,26). The van der Waals surface area contributed by atoms with Crippen molar-refractivity contribution in [1.82, 2.24) is 19.7 Å². The van der Waals surface area contributed by atoms with Gasteiger partial charge in [0.2, 0.25) is 11.8 Å². The molecule has 1 unspecified atom stereocenters. The number of benzene rings is 1. The lowest BCUT2D eigenvalue weighted by atomic mass is 9.97. The quantitative estimate of drug-likeness (QED) is 0.652. The summed E-state index contributed by atoms with van der Waals surface area (Å²) in [5, 5.41) is 4.62. The molecule has 1 aromatic heterocycles. The maximum atomic E-state index is 12.7. The predicted molar refractivity (Wildman–Crippen MR) is 105 cm³/mol. The van der Waals surface area contributed by atoms with Gasteiger partial charge in [-0.1, -0.05) is 11.6 Å². The number of hydrogen-bond acceptors (Lipinski definition) is 6. The highest BCUT2D eigenvalue weighted by atomic mass is 35.5. The van der Waals surface area contributed by atoms with E-state index in [1.165, 1.54) is 6.33 Å². The number of carbonyl (C=O) groups excluding carboxylic acids is 2. The minimum Gasteiger partial charge on any atom is -0.490 e. The fourth-order valence-electron chi connectivity index (χ4n) is 3.26. The largest absolute Gasteiger partial charge is 0.490 e. The van der Waals surface area contributed by atoms with Crippen molar-refractivity contribution in [2.45, 2.75) is 31.4 Å². The number of ether oxygens (including phenoxy) is 2. The highest BCUT2D eigenvalue weighted by molar-refractivity contribution is 6.30. The van der Waals surface area contributed by atoms with Crippen LogP contribution in [-0.4, -0.2) is 63.4 Å². The fraction of sp³-hybridized carbons (Fsp3) is 0.474. The van der Waals surface area contributed by atoms with Gasteiger partial charge < -0.3 is 20.1 Å². The molecular weight excluding hydrogens is 398 g/mol. The third kappa shape index (κ3) is 6.16. The number of hydrogen-bond donors (Lipinski definition) is 1. The first-order chi connectivity index (χ1) is 14.0. The van der Waals surface area contributed by atoms with Crippen molar-refractivity contribution in [3.63, 3.8) is 0 Å². The van der Waals surface area contributed by atoms with E-state index in [9.17, 15) is 9.59 Å². The second-order valence-electron chi connectivity index (χ2n) is 6.99. The van der Waals surface area contributed by atoms with Crippen LogP contribution in [0.2, 0.25) is 5.02 Å². The SMILES string of the molecule is NC(=O)CC1(COc2ccc(Cl)cc2)CN(C(=O)CCCn2cncn2)CCO1. The molecule has 1 aliphatic heterocycles. The normalized spacial score (nSPS) is 19.1. The maximum absolute atomic E-state index is 12.7. The number of amides is 2. The molecule has 1 atom stereocenters. The predicted octanol–water partition coefficient (Wildman–Crippen LogP) is 1.26. The Balaban J connectivity index is 1.59. The van der Waals surface area contributed by atoms with Gasteiger partial charge in [-0.2, -0.15) is 5.10 Å². The Hall–Kier alpha value is -2.65. The van der Waals surface area contributed by atoms with E-state index in [4.69, 9.17) is 26.8 Å². The summed E-state index contributed by atoms with van der Waals surface area (Å²) >= 11 is 5.89. The number of morpholine rings is 1. The number of aromatic nitrogens is 3. The summed E-state index contributed by atoms with van der Waals surface area (Å²) in [6.45, 7) is 1.73. The molecule has 9 nitrogen and oxygen atoms in total. The Bertz CT molecular complexity index is 815. The minimum absolute atomic E-state index is 0.00578. The first-order valence-corrected chi connectivity index (χ1v) is 9.74. The Labute approximate surface area is 173 Å². The zero-order valence-electron chi connectivity index (χ0n) is 16.0. The molecular formula is C19H24ClN5O4. The lowest BCUT2D eigenvalue weighted by Gasteiger charge is -2.42. The molecule has 156 valence electrons. The van der Waals surface area contributed by atoms with Gasteiger partial charge in [0.25, 0.3) is 0 Å². The zero-order valence-corrected chi connectivity index (χ0v) is 16.8. The third-order valence-corrected chi connectivity index (χ3v) is 4.91. The smallest absolute Gasteiger partial charge is 0.222 e. The van der Waals surface area contributed by atoms with Crippen LogP contribution in [0.1, 0.15) is 19.3 Å². The average Bonchev–Trinajstić information content (AvgIpc) is 3.21. The zero-order chi connectivity index (χ0) is 20.7. The van der Waals surface area contributed by atoms with Gasteiger partial charge in [0.1, 0.15) is 30.6 Å². The number of carbonyl (C=O) groups is 2. The molecule has 2 heterocycles. The van der Waals surface area contributed by atoms with E-state index in [1.807, 2.05) is 0 Å². The van der Waals surface area contributed by atoms with Crippen molar-refractivity contribution < 1.29 is 19.1 Å². The lowest BCUT2D eigenvalue weighted by Crippen LogP contribution is -2.58. The second kappa shape index (κ2) is 9.71. The molecule has 1 aliphatic rings. The number of primary amides is 1. The molecule has 2 N–H and O–H groups in total. The molecule has 10 heteroatoms. The molecule has 0 bridgehead atoms. The van der Waals surface area contributed by atoms with E-state index in [0.29, 0.717) is 43.3 Å². The topological polar surface area (TPSA) is 113 Å². The molecule has 2 aromatic rings. The van der Waals surface area contributed by atoms with Gasteiger partial charge in [-0.3, -0.25) is 14.3 Å². The molecule has 1 saturated heterocycles. The number of halogens is 1. The van der Waals surface area contributed by atoms with Gasteiger partial charge >= 0.3 is 0 Å². The summed E-state index contributed by atoms with van der Waals surface area (Å²) in [7, 11) is 0. The Morgan fingerprint density at radius 3 is 2.79 bits per heavy atom. The summed E-state index contributed by atoms with van der Waals surface area (Å²) in [6, 6.07) is 6.89. The molecule has 0 aliphatic carbocycles. The van der Waals surface area contributed by atoms with E-state index < -0.39 is 11.5 Å². The first-order valence-electron chi connectivity index (χ1n) is 9.37. The van der Waals surface area contributed by atoms with E-state index in [2.05, 4.69) is 10.1 Å². The van der Waals surface area contributed by atoms with Crippen molar-refractivity contribution >= 4 is 23.4 Å². The summed E-state index contributed by atoms with van der Waals surface area (Å²) in [5.41, 5.74) is 4.46. The molecule has 1 fully saturated rings. The van der Waals surface area contributed by atoms with Crippen LogP contribution in [0.4, 0.5) is 0 Å². The molecule has 2 amide bonds. The minimum atomic E-state index is -0.981. The number of rotatable bonds is 9. The van der Waals surface area contributed by atoms with Gasteiger partial charge in [0.15, 0.2) is 0 Å². The van der Waals surface area contributed by atoms with Crippen molar-refractivity contribution in [3.05, 3.63) is 41.9 Å². The van der Waals surface area contributed by atoms with Crippen LogP contribution in [0.3, 0.4) is 0 Å². The first kappa shape index (κ1) is 21.1. The number of nitrogens with zero attached hydrogens (tertiary/aromatic N) is 4. The molecule has 0 spiro atoms. The monoisotopic (exact) mass is 421 g/mol. The Kier molecular flexibility index (Phi) is 7.05. The van der Waals surface area contributed by atoms with Crippen molar-refractivity contribution in [2.75, 3.05) is 26.3 Å². The molecule has 0 radical (unpaired) electrons. The van der Waals surface area contributed by atoms with Gasteiger partial charge in [0.05, 0.1) is 19.6 Å². The van der Waals surface area contributed by atoms with Gasteiger partial charge in [-0.15, -0.1) is 0 Å². The summed E-state index contributed by atoms with van der Waals surface area (Å²) < 4.78 is 13.4. The van der Waals surface area contributed by atoms with Crippen molar-refractivity contribution in [1.29, 1.82) is 0 Å². The van der Waals surface area contributed by atoms with E-state index >= 15 is 0 Å². The fourth-order valence-corrected chi connectivity index (χ4v) is 3.39. The molecule has 29 heavy (non-hydrogen) atoms. The molecule has 0 saturated carbocycles.